The SMILES string of the molecule is COc1ccc(C)cc1N1CCN(C(=O)C2CCCO2)CC1. The smallest absolute Gasteiger partial charge is 0.251 e. The molecule has 1 aromatic rings. The minimum Gasteiger partial charge on any atom is -0.495 e. The van der Waals surface area contributed by atoms with Crippen molar-refractivity contribution in [2.45, 2.75) is 25.9 Å². The molecular weight excluding hydrogens is 280 g/mol. The van der Waals surface area contributed by atoms with E-state index in [1.54, 1.807) is 7.11 Å². The second-order valence-electron chi connectivity index (χ2n) is 5.99. The maximum atomic E-state index is 12.4. The van der Waals surface area contributed by atoms with Crippen LogP contribution < -0.4 is 9.64 Å². The summed E-state index contributed by atoms with van der Waals surface area (Å²) in [6.45, 7) is 5.96. The first-order valence-corrected chi connectivity index (χ1v) is 7.99. The van der Waals surface area contributed by atoms with E-state index in [9.17, 15) is 4.79 Å². The van der Waals surface area contributed by atoms with Gasteiger partial charge in [0.2, 0.25) is 0 Å². The summed E-state index contributed by atoms with van der Waals surface area (Å²) in [5.74, 6) is 1.05. The minimum atomic E-state index is -0.208. The summed E-state index contributed by atoms with van der Waals surface area (Å²) in [5, 5.41) is 0. The van der Waals surface area contributed by atoms with Gasteiger partial charge in [0.15, 0.2) is 0 Å². The highest BCUT2D eigenvalue weighted by molar-refractivity contribution is 5.81. The topological polar surface area (TPSA) is 42.0 Å². The van der Waals surface area contributed by atoms with E-state index in [4.69, 9.17) is 9.47 Å². The van der Waals surface area contributed by atoms with Crippen molar-refractivity contribution in [1.82, 2.24) is 4.90 Å². The summed E-state index contributed by atoms with van der Waals surface area (Å²) in [5.41, 5.74) is 2.33. The van der Waals surface area contributed by atoms with Crippen molar-refractivity contribution in [1.29, 1.82) is 0 Å². The molecule has 0 radical (unpaired) electrons. The molecule has 1 aromatic carbocycles. The number of aryl methyl sites for hydroxylation is 1. The number of methoxy groups -OCH3 is 1. The second-order valence-corrected chi connectivity index (χ2v) is 5.99. The molecule has 2 saturated heterocycles. The molecule has 2 heterocycles. The Kier molecular flexibility index (Phi) is 4.52. The quantitative estimate of drug-likeness (QED) is 0.854. The van der Waals surface area contributed by atoms with Crippen LogP contribution in [-0.4, -0.2) is 56.8 Å². The molecule has 1 atom stereocenters. The van der Waals surface area contributed by atoms with Gasteiger partial charge in [0, 0.05) is 32.8 Å². The van der Waals surface area contributed by atoms with Crippen molar-refractivity contribution in [2.24, 2.45) is 0 Å². The molecule has 1 unspecified atom stereocenters. The Morgan fingerprint density at radius 1 is 1.27 bits per heavy atom. The van der Waals surface area contributed by atoms with Crippen molar-refractivity contribution in [3.05, 3.63) is 23.8 Å². The Bertz CT molecular complexity index is 533. The highest BCUT2D eigenvalue weighted by atomic mass is 16.5. The van der Waals surface area contributed by atoms with Crippen LogP contribution in [-0.2, 0) is 9.53 Å². The molecule has 2 aliphatic rings. The van der Waals surface area contributed by atoms with E-state index >= 15 is 0 Å². The van der Waals surface area contributed by atoms with E-state index in [-0.39, 0.29) is 12.0 Å². The molecule has 2 fully saturated rings. The largest absolute Gasteiger partial charge is 0.495 e. The number of hydrogen-bond acceptors (Lipinski definition) is 4. The normalized spacial score (nSPS) is 22.0. The van der Waals surface area contributed by atoms with Gasteiger partial charge >= 0.3 is 0 Å². The third kappa shape index (κ3) is 3.04. The molecule has 5 nitrogen and oxygen atoms in total. The average molecular weight is 304 g/mol. The van der Waals surface area contributed by atoms with E-state index in [0.29, 0.717) is 0 Å². The molecule has 5 heteroatoms. The number of rotatable bonds is 3. The predicted molar refractivity (Wildman–Crippen MR) is 85.5 cm³/mol. The lowest BCUT2D eigenvalue weighted by atomic mass is 10.1. The van der Waals surface area contributed by atoms with Crippen LogP contribution in [0.1, 0.15) is 18.4 Å². The van der Waals surface area contributed by atoms with Gasteiger partial charge in [0.25, 0.3) is 5.91 Å². The molecule has 0 aliphatic carbocycles. The summed E-state index contributed by atoms with van der Waals surface area (Å²) in [6.07, 6.45) is 1.65. The van der Waals surface area contributed by atoms with Gasteiger partial charge in [0.1, 0.15) is 11.9 Å². The number of anilines is 1. The fourth-order valence-corrected chi connectivity index (χ4v) is 3.19. The van der Waals surface area contributed by atoms with Crippen LogP contribution in [0.25, 0.3) is 0 Å². The summed E-state index contributed by atoms with van der Waals surface area (Å²) in [4.78, 5) is 16.6. The molecule has 2 aliphatic heterocycles. The summed E-state index contributed by atoms with van der Waals surface area (Å²) in [7, 11) is 1.70. The zero-order valence-electron chi connectivity index (χ0n) is 13.4. The van der Waals surface area contributed by atoms with Gasteiger partial charge in [0.05, 0.1) is 12.8 Å². The molecule has 0 bridgehead atoms. The highest BCUT2D eigenvalue weighted by Crippen LogP contribution is 2.30. The molecule has 3 rings (SSSR count). The van der Waals surface area contributed by atoms with Crippen molar-refractivity contribution in [3.8, 4) is 5.75 Å². The van der Waals surface area contributed by atoms with E-state index in [2.05, 4.69) is 24.0 Å². The van der Waals surface area contributed by atoms with Crippen molar-refractivity contribution in [2.75, 3.05) is 44.8 Å². The number of benzene rings is 1. The van der Waals surface area contributed by atoms with Gasteiger partial charge in [-0.25, -0.2) is 0 Å². The zero-order chi connectivity index (χ0) is 15.5. The summed E-state index contributed by atoms with van der Waals surface area (Å²) >= 11 is 0. The van der Waals surface area contributed by atoms with Crippen LogP contribution in [0.5, 0.6) is 5.75 Å². The van der Waals surface area contributed by atoms with Gasteiger partial charge in [-0.05, 0) is 37.5 Å². The number of carbonyl (C=O) groups is 1. The minimum absolute atomic E-state index is 0.161. The van der Waals surface area contributed by atoms with E-state index in [1.807, 2.05) is 11.0 Å². The molecule has 0 N–H and O–H groups in total. The van der Waals surface area contributed by atoms with Crippen molar-refractivity contribution in [3.63, 3.8) is 0 Å². The number of amides is 1. The number of nitrogens with zero attached hydrogens (tertiary/aromatic N) is 2. The number of carbonyl (C=O) groups excluding carboxylic acids is 1. The zero-order valence-corrected chi connectivity index (χ0v) is 13.4. The molecule has 22 heavy (non-hydrogen) atoms. The highest BCUT2D eigenvalue weighted by Gasteiger charge is 2.30. The third-order valence-electron chi connectivity index (χ3n) is 4.47. The lowest BCUT2D eigenvalue weighted by Gasteiger charge is -2.37. The predicted octanol–water partition coefficient (Wildman–Crippen LogP) is 1.83. The molecule has 0 spiro atoms. The third-order valence-corrected chi connectivity index (χ3v) is 4.47. The van der Waals surface area contributed by atoms with E-state index in [1.165, 1.54) is 5.56 Å². The molecule has 0 aromatic heterocycles. The first-order valence-electron chi connectivity index (χ1n) is 7.99. The van der Waals surface area contributed by atoms with Crippen LogP contribution in [0, 0.1) is 6.92 Å². The van der Waals surface area contributed by atoms with Crippen LogP contribution in [0.3, 0.4) is 0 Å². The van der Waals surface area contributed by atoms with Crippen LogP contribution in [0.2, 0.25) is 0 Å². The lowest BCUT2D eigenvalue weighted by Crippen LogP contribution is -2.51. The van der Waals surface area contributed by atoms with Gasteiger partial charge < -0.3 is 19.3 Å². The van der Waals surface area contributed by atoms with Crippen LogP contribution in [0.15, 0.2) is 18.2 Å². The Hall–Kier alpha value is -1.75. The second kappa shape index (κ2) is 6.57. The summed E-state index contributed by atoms with van der Waals surface area (Å²) in [6, 6.07) is 6.21. The molecule has 1 amide bonds. The number of ether oxygens (including phenoxy) is 2. The fourth-order valence-electron chi connectivity index (χ4n) is 3.19. The molecule has 120 valence electrons. The monoisotopic (exact) mass is 304 g/mol. The van der Waals surface area contributed by atoms with Crippen LogP contribution in [0.4, 0.5) is 5.69 Å². The van der Waals surface area contributed by atoms with Crippen LogP contribution >= 0.6 is 0 Å². The number of piperazine rings is 1. The van der Waals surface area contributed by atoms with Gasteiger partial charge in [-0.1, -0.05) is 6.07 Å². The molecular formula is C17H24N2O3. The van der Waals surface area contributed by atoms with Gasteiger partial charge in [-0.3, -0.25) is 4.79 Å². The number of hydrogen-bond donors (Lipinski definition) is 0. The first-order chi connectivity index (χ1) is 10.7. The Balaban J connectivity index is 1.64. The Morgan fingerprint density at radius 3 is 2.68 bits per heavy atom. The Morgan fingerprint density at radius 2 is 2.05 bits per heavy atom. The maximum Gasteiger partial charge on any atom is 0.251 e. The fraction of sp³-hybridized carbons (Fsp3) is 0.588. The van der Waals surface area contributed by atoms with E-state index < -0.39 is 0 Å². The molecule has 0 saturated carbocycles. The maximum absolute atomic E-state index is 12.4. The summed E-state index contributed by atoms with van der Waals surface area (Å²) < 4.78 is 11.0. The average Bonchev–Trinajstić information content (AvgIpc) is 3.09. The Labute approximate surface area is 131 Å². The lowest BCUT2D eigenvalue weighted by molar-refractivity contribution is -0.141. The standard InChI is InChI=1S/C17H24N2O3/c1-13-5-6-15(21-2)14(12-13)18-7-9-19(10-8-18)17(20)16-4-3-11-22-16/h5-6,12,16H,3-4,7-11H2,1-2H3. The van der Waals surface area contributed by atoms with Crippen molar-refractivity contribution >= 4 is 11.6 Å². The van der Waals surface area contributed by atoms with E-state index in [0.717, 1.165) is 57.1 Å². The van der Waals surface area contributed by atoms with Gasteiger partial charge in [-0.15, -0.1) is 0 Å². The van der Waals surface area contributed by atoms with Gasteiger partial charge in [-0.2, -0.15) is 0 Å². The van der Waals surface area contributed by atoms with Crippen molar-refractivity contribution < 1.29 is 14.3 Å². The first kappa shape index (κ1) is 15.2.